The standard InChI is InChI=1S/C17H20ClN3O3S/c1-25(23,24)21(16-5-2-4-15(18)12-16)11-3-6-17(22)20-13-14-7-9-19-10-8-14/h2,4-5,7-10,12H,3,6,11,13H2,1H3,(H,20,22). The molecule has 0 fully saturated rings. The third-order valence-corrected chi connectivity index (χ3v) is 4.93. The molecular formula is C17H20ClN3O3S. The zero-order valence-electron chi connectivity index (χ0n) is 13.9. The van der Waals surface area contributed by atoms with E-state index in [4.69, 9.17) is 11.6 Å². The Bertz CT molecular complexity index is 813. The predicted octanol–water partition coefficient (Wildman–Crippen LogP) is 2.60. The van der Waals surface area contributed by atoms with E-state index in [1.54, 1.807) is 36.7 Å². The number of rotatable bonds is 8. The Morgan fingerprint density at radius 2 is 1.96 bits per heavy atom. The largest absolute Gasteiger partial charge is 0.352 e. The van der Waals surface area contributed by atoms with Gasteiger partial charge in [0.1, 0.15) is 0 Å². The maximum Gasteiger partial charge on any atom is 0.232 e. The van der Waals surface area contributed by atoms with Crippen LogP contribution in [-0.2, 0) is 21.4 Å². The van der Waals surface area contributed by atoms with Crippen LogP contribution >= 0.6 is 11.6 Å². The minimum atomic E-state index is -3.45. The maximum atomic E-state index is 12.0. The van der Waals surface area contributed by atoms with E-state index in [9.17, 15) is 13.2 Å². The van der Waals surface area contributed by atoms with E-state index in [1.807, 2.05) is 12.1 Å². The van der Waals surface area contributed by atoms with Crippen molar-refractivity contribution in [2.24, 2.45) is 0 Å². The average Bonchev–Trinajstić information content (AvgIpc) is 2.56. The van der Waals surface area contributed by atoms with Crippen molar-refractivity contribution in [1.82, 2.24) is 10.3 Å². The number of nitrogens with zero attached hydrogens (tertiary/aromatic N) is 2. The molecule has 1 N–H and O–H groups in total. The third kappa shape index (κ3) is 6.36. The van der Waals surface area contributed by atoms with Crippen LogP contribution in [0.4, 0.5) is 5.69 Å². The first-order valence-electron chi connectivity index (χ1n) is 7.75. The summed E-state index contributed by atoms with van der Waals surface area (Å²) in [4.78, 5) is 15.8. The first kappa shape index (κ1) is 19.2. The minimum absolute atomic E-state index is 0.128. The number of benzene rings is 1. The zero-order chi connectivity index (χ0) is 18.3. The van der Waals surface area contributed by atoms with Crippen molar-refractivity contribution in [1.29, 1.82) is 0 Å². The van der Waals surface area contributed by atoms with Crippen molar-refractivity contribution >= 4 is 33.2 Å². The van der Waals surface area contributed by atoms with Crippen LogP contribution in [0.3, 0.4) is 0 Å². The zero-order valence-corrected chi connectivity index (χ0v) is 15.4. The van der Waals surface area contributed by atoms with Crippen molar-refractivity contribution in [2.45, 2.75) is 19.4 Å². The van der Waals surface area contributed by atoms with Gasteiger partial charge in [-0.1, -0.05) is 17.7 Å². The topological polar surface area (TPSA) is 79.4 Å². The summed E-state index contributed by atoms with van der Waals surface area (Å²) < 4.78 is 25.3. The Kier molecular flexibility index (Phi) is 6.78. The maximum absolute atomic E-state index is 12.0. The lowest BCUT2D eigenvalue weighted by atomic mass is 10.2. The summed E-state index contributed by atoms with van der Waals surface area (Å²) in [5.41, 5.74) is 1.45. The first-order valence-corrected chi connectivity index (χ1v) is 9.98. The van der Waals surface area contributed by atoms with E-state index in [2.05, 4.69) is 10.3 Å². The number of anilines is 1. The fourth-order valence-electron chi connectivity index (χ4n) is 2.29. The van der Waals surface area contributed by atoms with Gasteiger partial charge in [0.05, 0.1) is 11.9 Å². The predicted molar refractivity (Wildman–Crippen MR) is 99.0 cm³/mol. The molecule has 0 spiro atoms. The van der Waals surface area contributed by atoms with Crippen molar-refractivity contribution in [3.63, 3.8) is 0 Å². The Labute approximate surface area is 152 Å². The number of amides is 1. The quantitative estimate of drug-likeness (QED) is 0.762. The number of nitrogens with one attached hydrogen (secondary N) is 1. The molecule has 0 saturated carbocycles. The number of carbonyl (C=O) groups is 1. The van der Waals surface area contributed by atoms with Crippen LogP contribution in [-0.4, -0.2) is 32.1 Å². The molecule has 0 aliphatic carbocycles. The van der Waals surface area contributed by atoms with Crippen molar-refractivity contribution in [2.75, 3.05) is 17.1 Å². The third-order valence-electron chi connectivity index (χ3n) is 3.50. The summed E-state index contributed by atoms with van der Waals surface area (Å²) in [6.45, 7) is 0.632. The number of aromatic nitrogens is 1. The Balaban J connectivity index is 1.87. The van der Waals surface area contributed by atoms with E-state index in [0.717, 1.165) is 11.8 Å². The molecule has 1 amide bonds. The molecule has 1 heterocycles. The summed E-state index contributed by atoms with van der Waals surface area (Å²) in [7, 11) is -3.45. The monoisotopic (exact) mass is 381 g/mol. The number of sulfonamides is 1. The van der Waals surface area contributed by atoms with Crippen LogP contribution in [0.15, 0.2) is 48.8 Å². The van der Waals surface area contributed by atoms with Gasteiger partial charge in [0.15, 0.2) is 0 Å². The highest BCUT2D eigenvalue weighted by molar-refractivity contribution is 7.92. The molecule has 0 atom stereocenters. The number of carbonyl (C=O) groups excluding carboxylic acids is 1. The van der Waals surface area contributed by atoms with Crippen LogP contribution in [0, 0.1) is 0 Å². The summed E-state index contributed by atoms with van der Waals surface area (Å²) in [6.07, 6.45) is 5.10. The summed E-state index contributed by atoms with van der Waals surface area (Å²) >= 11 is 5.93. The second-order valence-corrected chi connectivity index (χ2v) is 7.89. The number of pyridine rings is 1. The van der Waals surface area contributed by atoms with Gasteiger partial charge in [-0.3, -0.25) is 14.1 Å². The fourth-order valence-corrected chi connectivity index (χ4v) is 3.43. The smallest absolute Gasteiger partial charge is 0.232 e. The molecule has 0 bridgehead atoms. The second kappa shape index (κ2) is 8.82. The minimum Gasteiger partial charge on any atom is -0.352 e. The van der Waals surface area contributed by atoms with E-state index >= 15 is 0 Å². The summed E-state index contributed by atoms with van der Waals surface area (Å²) in [5, 5.41) is 3.26. The highest BCUT2D eigenvalue weighted by Gasteiger charge is 2.17. The van der Waals surface area contributed by atoms with Crippen LogP contribution < -0.4 is 9.62 Å². The lowest BCUT2D eigenvalue weighted by Crippen LogP contribution is -2.32. The van der Waals surface area contributed by atoms with Crippen LogP contribution in [0.5, 0.6) is 0 Å². The molecule has 0 radical (unpaired) electrons. The molecule has 25 heavy (non-hydrogen) atoms. The summed E-state index contributed by atoms with van der Waals surface area (Å²) in [5.74, 6) is -0.128. The average molecular weight is 382 g/mol. The van der Waals surface area contributed by atoms with Crippen LogP contribution in [0.1, 0.15) is 18.4 Å². The Morgan fingerprint density at radius 1 is 1.24 bits per heavy atom. The lowest BCUT2D eigenvalue weighted by molar-refractivity contribution is -0.121. The molecule has 0 aliphatic rings. The molecular weight excluding hydrogens is 362 g/mol. The molecule has 8 heteroatoms. The van der Waals surface area contributed by atoms with E-state index in [0.29, 0.717) is 23.7 Å². The Hall–Kier alpha value is -2.12. The molecule has 2 rings (SSSR count). The van der Waals surface area contributed by atoms with Crippen molar-refractivity contribution in [3.05, 3.63) is 59.4 Å². The molecule has 6 nitrogen and oxygen atoms in total. The summed E-state index contributed by atoms with van der Waals surface area (Å²) in [6, 6.07) is 10.3. The van der Waals surface area contributed by atoms with Gasteiger partial charge in [-0.05, 0) is 42.3 Å². The van der Waals surface area contributed by atoms with Gasteiger partial charge in [-0.15, -0.1) is 0 Å². The molecule has 0 saturated heterocycles. The van der Waals surface area contributed by atoms with E-state index in [1.165, 1.54) is 4.31 Å². The van der Waals surface area contributed by atoms with Crippen LogP contribution in [0.25, 0.3) is 0 Å². The normalized spacial score (nSPS) is 11.1. The van der Waals surface area contributed by atoms with Gasteiger partial charge in [-0.2, -0.15) is 0 Å². The molecule has 1 aromatic carbocycles. The SMILES string of the molecule is CS(=O)(=O)N(CCCC(=O)NCc1ccncc1)c1cccc(Cl)c1. The van der Waals surface area contributed by atoms with Gasteiger partial charge < -0.3 is 5.32 Å². The molecule has 1 aromatic heterocycles. The lowest BCUT2D eigenvalue weighted by Gasteiger charge is -2.22. The fraction of sp³-hybridized carbons (Fsp3) is 0.294. The van der Waals surface area contributed by atoms with Crippen LogP contribution in [0.2, 0.25) is 5.02 Å². The van der Waals surface area contributed by atoms with Gasteiger partial charge in [0.2, 0.25) is 15.9 Å². The second-order valence-electron chi connectivity index (χ2n) is 5.55. The molecule has 2 aromatic rings. The van der Waals surface area contributed by atoms with Gasteiger partial charge in [-0.25, -0.2) is 8.42 Å². The molecule has 134 valence electrons. The highest BCUT2D eigenvalue weighted by atomic mass is 35.5. The van der Waals surface area contributed by atoms with Gasteiger partial charge in [0.25, 0.3) is 0 Å². The highest BCUT2D eigenvalue weighted by Crippen LogP contribution is 2.22. The molecule has 0 aliphatic heterocycles. The molecule has 0 unspecified atom stereocenters. The number of halogens is 1. The van der Waals surface area contributed by atoms with Gasteiger partial charge in [0, 0.05) is 36.9 Å². The first-order chi connectivity index (χ1) is 11.9. The van der Waals surface area contributed by atoms with Gasteiger partial charge >= 0.3 is 0 Å². The Morgan fingerprint density at radius 3 is 2.60 bits per heavy atom. The number of hydrogen-bond donors (Lipinski definition) is 1. The van der Waals surface area contributed by atoms with Crippen molar-refractivity contribution < 1.29 is 13.2 Å². The van der Waals surface area contributed by atoms with E-state index in [-0.39, 0.29) is 18.9 Å². The van der Waals surface area contributed by atoms with E-state index < -0.39 is 10.0 Å². The van der Waals surface area contributed by atoms with Crippen molar-refractivity contribution in [3.8, 4) is 0 Å². The number of hydrogen-bond acceptors (Lipinski definition) is 4.